The van der Waals surface area contributed by atoms with Gasteiger partial charge < -0.3 is 20.1 Å². The number of esters is 1. The fraction of sp³-hybridized carbons (Fsp3) is 0.800. The lowest BCUT2D eigenvalue weighted by molar-refractivity contribution is -0.143. The van der Waals surface area contributed by atoms with Gasteiger partial charge in [-0.15, -0.1) is 0 Å². The van der Waals surface area contributed by atoms with Crippen LogP contribution in [0.2, 0.25) is 0 Å². The number of nitrogens with one attached hydrogen (secondary N) is 2. The van der Waals surface area contributed by atoms with E-state index >= 15 is 0 Å². The summed E-state index contributed by atoms with van der Waals surface area (Å²) in [6, 6.07) is -0.913. The number of carbonyl (C=O) groups is 3. The molecule has 22 heavy (non-hydrogen) atoms. The second-order valence-corrected chi connectivity index (χ2v) is 7.23. The minimum atomic E-state index is -0.913. The van der Waals surface area contributed by atoms with Crippen molar-refractivity contribution >= 4 is 18.0 Å². The van der Waals surface area contributed by atoms with E-state index in [0.29, 0.717) is 6.42 Å². The van der Waals surface area contributed by atoms with Gasteiger partial charge in [-0.3, -0.25) is 4.79 Å². The summed E-state index contributed by atoms with van der Waals surface area (Å²) in [7, 11) is 1.24. The van der Waals surface area contributed by atoms with Crippen LogP contribution in [0.3, 0.4) is 0 Å². The molecule has 0 aromatic carbocycles. The first kappa shape index (κ1) is 18.3. The van der Waals surface area contributed by atoms with Crippen molar-refractivity contribution in [2.24, 2.45) is 5.92 Å². The lowest BCUT2D eigenvalue weighted by Gasteiger charge is -2.23. The molecule has 1 fully saturated rings. The highest BCUT2D eigenvalue weighted by Gasteiger charge is 2.40. The van der Waals surface area contributed by atoms with Crippen LogP contribution in [0.25, 0.3) is 0 Å². The first-order valence-corrected chi connectivity index (χ1v) is 7.33. The standard InChI is InChI=1S/C15H26N2O5/c1-14(2,3)22-13(20)16-10(12(19)21-6)7-9-8-15(4,5)17-11(9)18/h9-10H,7-8H2,1-6H3,(H,16,20)(H,17,18)/t9-,10+/m1/s1. The number of alkyl carbamates (subject to hydrolysis) is 1. The third-order valence-corrected chi connectivity index (χ3v) is 3.29. The van der Waals surface area contributed by atoms with Crippen molar-refractivity contribution in [3.05, 3.63) is 0 Å². The summed E-state index contributed by atoms with van der Waals surface area (Å²) in [4.78, 5) is 35.6. The highest BCUT2D eigenvalue weighted by Crippen LogP contribution is 2.28. The quantitative estimate of drug-likeness (QED) is 0.764. The Labute approximate surface area is 131 Å². The normalized spacial score (nSPS) is 21.7. The van der Waals surface area contributed by atoms with Crippen molar-refractivity contribution in [3.8, 4) is 0 Å². The highest BCUT2D eigenvalue weighted by atomic mass is 16.6. The molecule has 1 aliphatic rings. The zero-order valence-corrected chi connectivity index (χ0v) is 14.1. The van der Waals surface area contributed by atoms with Gasteiger partial charge in [0.2, 0.25) is 5.91 Å². The largest absolute Gasteiger partial charge is 0.467 e. The smallest absolute Gasteiger partial charge is 0.408 e. The van der Waals surface area contributed by atoms with Gasteiger partial charge >= 0.3 is 12.1 Å². The molecule has 2 N–H and O–H groups in total. The van der Waals surface area contributed by atoms with Crippen molar-refractivity contribution in [1.29, 1.82) is 0 Å². The van der Waals surface area contributed by atoms with Crippen molar-refractivity contribution in [3.63, 3.8) is 0 Å². The van der Waals surface area contributed by atoms with Crippen LogP contribution in [0.5, 0.6) is 0 Å². The number of hydrogen-bond donors (Lipinski definition) is 2. The van der Waals surface area contributed by atoms with Gasteiger partial charge in [0.1, 0.15) is 11.6 Å². The molecule has 1 rings (SSSR count). The maximum absolute atomic E-state index is 11.9. The van der Waals surface area contributed by atoms with Gasteiger partial charge in [-0.2, -0.15) is 0 Å². The molecule has 0 saturated carbocycles. The first-order chi connectivity index (χ1) is 9.93. The summed E-state index contributed by atoms with van der Waals surface area (Å²) < 4.78 is 9.84. The highest BCUT2D eigenvalue weighted by molar-refractivity contribution is 5.85. The lowest BCUT2D eigenvalue weighted by atomic mass is 9.91. The van der Waals surface area contributed by atoms with Crippen molar-refractivity contribution in [1.82, 2.24) is 10.6 Å². The van der Waals surface area contributed by atoms with Gasteiger partial charge in [0.05, 0.1) is 7.11 Å². The molecule has 1 aliphatic heterocycles. The van der Waals surface area contributed by atoms with E-state index in [1.807, 2.05) is 13.8 Å². The number of rotatable bonds is 4. The Morgan fingerprint density at radius 3 is 2.41 bits per heavy atom. The maximum atomic E-state index is 11.9. The molecule has 2 amide bonds. The van der Waals surface area contributed by atoms with Crippen LogP contribution < -0.4 is 10.6 Å². The monoisotopic (exact) mass is 314 g/mol. The zero-order valence-electron chi connectivity index (χ0n) is 14.1. The summed E-state index contributed by atoms with van der Waals surface area (Å²) >= 11 is 0. The molecular weight excluding hydrogens is 288 g/mol. The van der Waals surface area contributed by atoms with Gasteiger partial charge in [-0.05, 0) is 47.5 Å². The Bertz CT molecular complexity index is 453. The number of carbonyl (C=O) groups excluding carboxylic acids is 3. The summed E-state index contributed by atoms with van der Waals surface area (Å²) in [6.07, 6.45) is 0.0665. The SMILES string of the molecule is COC(=O)[C@H](C[C@@H]1CC(C)(C)NC1=O)NC(=O)OC(C)(C)C. The van der Waals surface area contributed by atoms with Crippen molar-refractivity contribution in [2.45, 2.75) is 64.6 Å². The molecule has 0 unspecified atom stereocenters. The first-order valence-electron chi connectivity index (χ1n) is 7.33. The molecule has 2 atom stereocenters. The van der Waals surface area contributed by atoms with E-state index in [-0.39, 0.29) is 23.8 Å². The van der Waals surface area contributed by atoms with Gasteiger partial charge in [-0.25, -0.2) is 9.59 Å². The third-order valence-electron chi connectivity index (χ3n) is 3.29. The predicted molar refractivity (Wildman–Crippen MR) is 80.1 cm³/mol. The van der Waals surface area contributed by atoms with E-state index in [0.717, 1.165) is 0 Å². The number of methoxy groups -OCH3 is 1. The van der Waals surface area contributed by atoms with E-state index in [9.17, 15) is 14.4 Å². The molecule has 0 aromatic rings. The van der Waals surface area contributed by atoms with Crippen molar-refractivity contribution in [2.75, 3.05) is 7.11 Å². The minimum Gasteiger partial charge on any atom is -0.467 e. The molecule has 126 valence electrons. The zero-order chi connectivity index (χ0) is 17.1. The molecule has 1 saturated heterocycles. The van der Waals surface area contributed by atoms with Gasteiger partial charge in [0.15, 0.2) is 0 Å². The molecule has 0 spiro atoms. The molecule has 7 nitrogen and oxygen atoms in total. The van der Waals surface area contributed by atoms with E-state index in [2.05, 4.69) is 10.6 Å². The second kappa shape index (κ2) is 6.54. The van der Waals surface area contributed by atoms with Crippen LogP contribution in [0, 0.1) is 5.92 Å². The summed E-state index contributed by atoms with van der Waals surface area (Å²) in [5, 5.41) is 5.35. The van der Waals surface area contributed by atoms with Gasteiger partial charge in [0, 0.05) is 11.5 Å². The van der Waals surface area contributed by atoms with Crippen LogP contribution in [0.1, 0.15) is 47.5 Å². The number of amides is 2. The molecular formula is C15H26N2O5. The van der Waals surface area contributed by atoms with Crippen LogP contribution in [0.4, 0.5) is 4.79 Å². The van der Waals surface area contributed by atoms with E-state index in [1.165, 1.54) is 7.11 Å². The van der Waals surface area contributed by atoms with Crippen LogP contribution in [-0.4, -0.2) is 42.3 Å². The van der Waals surface area contributed by atoms with Gasteiger partial charge in [0.25, 0.3) is 0 Å². The summed E-state index contributed by atoms with van der Waals surface area (Å²) in [5.41, 5.74) is -0.980. The van der Waals surface area contributed by atoms with Gasteiger partial charge in [-0.1, -0.05) is 0 Å². The molecule has 0 bridgehead atoms. The molecule has 1 heterocycles. The number of ether oxygens (including phenoxy) is 2. The fourth-order valence-electron chi connectivity index (χ4n) is 2.48. The fourth-order valence-corrected chi connectivity index (χ4v) is 2.48. The van der Waals surface area contributed by atoms with E-state index in [1.54, 1.807) is 20.8 Å². The van der Waals surface area contributed by atoms with E-state index in [4.69, 9.17) is 9.47 Å². The molecule has 7 heteroatoms. The minimum absolute atomic E-state index is 0.120. The Balaban J connectivity index is 2.72. The van der Waals surface area contributed by atoms with Crippen LogP contribution >= 0.6 is 0 Å². The lowest BCUT2D eigenvalue weighted by Crippen LogP contribution is -2.45. The molecule has 0 radical (unpaired) electrons. The maximum Gasteiger partial charge on any atom is 0.408 e. The third kappa shape index (κ3) is 5.54. The van der Waals surface area contributed by atoms with Crippen molar-refractivity contribution < 1.29 is 23.9 Å². The second-order valence-electron chi connectivity index (χ2n) is 7.23. The summed E-state index contributed by atoms with van der Waals surface area (Å²) in [5.74, 6) is -1.07. The Morgan fingerprint density at radius 1 is 1.41 bits per heavy atom. The number of hydrogen-bond acceptors (Lipinski definition) is 5. The topological polar surface area (TPSA) is 93.7 Å². The average molecular weight is 314 g/mol. The summed E-state index contributed by atoms with van der Waals surface area (Å²) in [6.45, 7) is 9.02. The van der Waals surface area contributed by atoms with Crippen LogP contribution in [-0.2, 0) is 19.1 Å². The molecule has 0 aliphatic carbocycles. The Morgan fingerprint density at radius 2 is 2.00 bits per heavy atom. The Hall–Kier alpha value is -1.79. The Kier molecular flexibility index (Phi) is 5.43. The predicted octanol–water partition coefficient (Wildman–Crippen LogP) is 1.36. The van der Waals surface area contributed by atoms with E-state index < -0.39 is 23.7 Å². The van der Waals surface area contributed by atoms with Crippen LogP contribution in [0.15, 0.2) is 0 Å². The molecule has 0 aromatic heterocycles. The average Bonchev–Trinajstić information content (AvgIpc) is 2.58.